The van der Waals surface area contributed by atoms with E-state index in [1.807, 2.05) is 19.1 Å². The number of ketones is 1. The molecule has 0 amide bonds. The van der Waals surface area contributed by atoms with Gasteiger partial charge in [0.25, 0.3) is 0 Å². The minimum atomic E-state index is -3.52. The fourth-order valence-electron chi connectivity index (χ4n) is 3.79. The highest BCUT2D eigenvalue weighted by Crippen LogP contribution is 2.42. The molecule has 1 heterocycles. The summed E-state index contributed by atoms with van der Waals surface area (Å²) in [5.74, 6) is 0.205. The monoisotopic (exact) mass is 361 g/mol. The lowest BCUT2D eigenvalue weighted by Crippen LogP contribution is -2.33. The number of hydrogen-bond donors (Lipinski definition) is 0. The van der Waals surface area contributed by atoms with Crippen LogP contribution in [0.3, 0.4) is 0 Å². The van der Waals surface area contributed by atoms with E-state index >= 15 is 0 Å². The molecule has 136 valence electrons. The second-order valence-corrected chi connectivity index (χ2v) is 10.3. The normalized spacial score (nSPS) is 22.9. The molecule has 2 aliphatic rings. The molecular formula is C20H27NO3S. The van der Waals surface area contributed by atoms with Gasteiger partial charge in [-0.2, -0.15) is 4.31 Å². The van der Waals surface area contributed by atoms with E-state index in [2.05, 4.69) is 20.8 Å². The summed E-state index contributed by atoms with van der Waals surface area (Å²) in [5.41, 5.74) is 2.86. The molecule has 4 nitrogen and oxygen atoms in total. The highest BCUT2D eigenvalue weighted by molar-refractivity contribution is 7.89. The third kappa shape index (κ3) is 3.44. The summed E-state index contributed by atoms with van der Waals surface area (Å²) in [7, 11) is -3.52. The van der Waals surface area contributed by atoms with Gasteiger partial charge < -0.3 is 0 Å². The van der Waals surface area contributed by atoms with Crippen LogP contribution in [0.15, 0.2) is 40.3 Å². The number of benzene rings is 1. The average Bonchev–Trinajstić information content (AvgIpc) is 2.71. The molecule has 0 saturated carbocycles. The number of Topliss-reactive ketones (excluding diaryl/α,β-unsaturated/α-hetero) is 1. The zero-order valence-corrected chi connectivity index (χ0v) is 16.3. The summed E-state index contributed by atoms with van der Waals surface area (Å²) in [6.07, 6.45) is 2.09. The number of sulfonamides is 1. The van der Waals surface area contributed by atoms with Crippen molar-refractivity contribution in [1.82, 2.24) is 4.31 Å². The Hall–Kier alpha value is -1.46. The molecule has 1 aromatic carbocycles. The fraction of sp³-hybridized carbons (Fsp3) is 0.550. The quantitative estimate of drug-likeness (QED) is 0.807. The van der Waals surface area contributed by atoms with Crippen LogP contribution in [0.2, 0.25) is 0 Å². The predicted octanol–water partition coefficient (Wildman–Crippen LogP) is 3.71. The Labute approximate surface area is 151 Å². The Kier molecular flexibility index (Phi) is 4.67. The molecule has 1 aliphatic heterocycles. The van der Waals surface area contributed by atoms with Gasteiger partial charge in [-0.25, -0.2) is 8.42 Å². The Morgan fingerprint density at radius 2 is 1.76 bits per heavy atom. The van der Waals surface area contributed by atoms with Gasteiger partial charge in [0.05, 0.1) is 4.90 Å². The molecule has 5 heteroatoms. The minimum absolute atomic E-state index is 0.0282. The van der Waals surface area contributed by atoms with Gasteiger partial charge in [-0.1, -0.05) is 38.5 Å². The zero-order chi connectivity index (χ0) is 18.4. The first-order valence-electron chi connectivity index (χ1n) is 8.92. The summed E-state index contributed by atoms with van der Waals surface area (Å²) < 4.78 is 27.6. The molecule has 25 heavy (non-hydrogen) atoms. The smallest absolute Gasteiger partial charge is 0.243 e. The van der Waals surface area contributed by atoms with E-state index in [9.17, 15) is 13.2 Å². The van der Waals surface area contributed by atoms with Crippen LogP contribution in [0, 0.1) is 18.3 Å². The fourth-order valence-corrected chi connectivity index (χ4v) is 5.27. The van der Waals surface area contributed by atoms with Crippen LogP contribution >= 0.6 is 0 Å². The van der Waals surface area contributed by atoms with Crippen molar-refractivity contribution >= 4 is 15.8 Å². The van der Waals surface area contributed by atoms with E-state index in [0.717, 1.165) is 16.7 Å². The molecule has 0 saturated heterocycles. The maximum absolute atomic E-state index is 13.0. The van der Waals surface area contributed by atoms with Crippen molar-refractivity contribution in [3.8, 4) is 0 Å². The van der Waals surface area contributed by atoms with Crippen molar-refractivity contribution < 1.29 is 13.2 Å². The molecule has 3 rings (SSSR count). The maximum atomic E-state index is 13.0. The summed E-state index contributed by atoms with van der Waals surface area (Å²) in [6.45, 7) is 9.02. The lowest BCUT2D eigenvalue weighted by molar-refractivity contribution is -0.121. The molecule has 0 bridgehead atoms. The van der Waals surface area contributed by atoms with Crippen molar-refractivity contribution in [2.75, 3.05) is 13.1 Å². The van der Waals surface area contributed by atoms with Gasteiger partial charge in [0.15, 0.2) is 5.78 Å². The van der Waals surface area contributed by atoms with Crippen molar-refractivity contribution in [2.45, 2.75) is 51.9 Å². The van der Waals surface area contributed by atoms with Crippen LogP contribution in [0.5, 0.6) is 0 Å². The molecule has 0 N–H and O–H groups in total. The first-order valence-corrected chi connectivity index (χ1v) is 10.4. The number of nitrogens with zero attached hydrogens (tertiary/aromatic N) is 1. The molecule has 1 aliphatic carbocycles. The van der Waals surface area contributed by atoms with Crippen molar-refractivity contribution in [3.63, 3.8) is 0 Å². The minimum Gasteiger partial charge on any atom is -0.294 e. The van der Waals surface area contributed by atoms with Crippen LogP contribution in [0.25, 0.3) is 0 Å². The maximum Gasteiger partial charge on any atom is 0.243 e. The topological polar surface area (TPSA) is 54.5 Å². The summed E-state index contributed by atoms with van der Waals surface area (Å²) in [6, 6.07) is 6.99. The highest BCUT2D eigenvalue weighted by atomic mass is 32.2. The van der Waals surface area contributed by atoms with E-state index in [4.69, 9.17) is 0 Å². The third-order valence-corrected chi connectivity index (χ3v) is 7.26. The van der Waals surface area contributed by atoms with Crippen LogP contribution in [0.1, 0.15) is 45.6 Å². The van der Waals surface area contributed by atoms with E-state index < -0.39 is 10.0 Å². The molecule has 1 unspecified atom stereocenters. The molecule has 0 spiro atoms. The number of allylic oxidation sites excluding steroid dienone is 1. The van der Waals surface area contributed by atoms with Gasteiger partial charge in [-0.15, -0.1) is 0 Å². The number of rotatable bonds is 2. The van der Waals surface area contributed by atoms with Gasteiger partial charge in [0.2, 0.25) is 10.0 Å². The standard InChI is InChI=1S/C20H27NO3S/c1-14-7-9-16(10-8-14)25(23,24)21-11-5-6-17-15(13-21)12-18(19(17)22)20(2,3)4/h7-10,18H,5-6,11-13H2,1-4H3. The third-order valence-electron chi connectivity index (χ3n) is 5.40. The Morgan fingerprint density at radius 3 is 2.36 bits per heavy atom. The molecule has 0 aromatic heterocycles. The van der Waals surface area contributed by atoms with Crippen molar-refractivity contribution in [1.29, 1.82) is 0 Å². The van der Waals surface area contributed by atoms with E-state index in [0.29, 0.717) is 37.2 Å². The van der Waals surface area contributed by atoms with E-state index in [1.54, 1.807) is 16.4 Å². The predicted molar refractivity (Wildman–Crippen MR) is 98.8 cm³/mol. The second-order valence-electron chi connectivity index (χ2n) is 8.32. The molecule has 1 atom stereocenters. The molecule has 0 radical (unpaired) electrons. The second kappa shape index (κ2) is 6.36. The Balaban J connectivity index is 1.88. The number of aryl methyl sites for hydroxylation is 1. The average molecular weight is 362 g/mol. The lowest BCUT2D eigenvalue weighted by atomic mass is 9.77. The van der Waals surface area contributed by atoms with E-state index in [1.165, 1.54) is 0 Å². The largest absolute Gasteiger partial charge is 0.294 e. The van der Waals surface area contributed by atoms with Crippen molar-refractivity contribution in [2.24, 2.45) is 11.3 Å². The molecular weight excluding hydrogens is 334 g/mol. The lowest BCUT2D eigenvalue weighted by Gasteiger charge is -2.27. The van der Waals surface area contributed by atoms with Crippen molar-refractivity contribution in [3.05, 3.63) is 41.0 Å². The van der Waals surface area contributed by atoms with Gasteiger partial charge >= 0.3 is 0 Å². The molecule has 1 aromatic rings. The van der Waals surface area contributed by atoms with Gasteiger partial charge in [0.1, 0.15) is 0 Å². The number of hydrogen-bond acceptors (Lipinski definition) is 3. The molecule has 0 fully saturated rings. The van der Waals surface area contributed by atoms with Gasteiger partial charge in [0, 0.05) is 19.0 Å². The number of carbonyl (C=O) groups excluding carboxylic acids is 1. The van der Waals surface area contributed by atoms with Crippen LogP contribution < -0.4 is 0 Å². The zero-order valence-electron chi connectivity index (χ0n) is 15.5. The number of carbonyl (C=O) groups is 1. The first-order chi connectivity index (χ1) is 11.6. The summed E-state index contributed by atoms with van der Waals surface area (Å²) in [5, 5.41) is 0. The van der Waals surface area contributed by atoms with Crippen LogP contribution in [0.4, 0.5) is 0 Å². The first kappa shape index (κ1) is 18.3. The highest BCUT2D eigenvalue weighted by Gasteiger charge is 2.42. The SMILES string of the molecule is Cc1ccc(S(=O)(=O)N2CCCC3=C(CC(C(C)(C)C)C3=O)C2)cc1. The van der Waals surface area contributed by atoms with Gasteiger partial charge in [-0.05, 0) is 54.9 Å². The summed E-state index contributed by atoms with van der Waals surface area (Å²) in [4.78, 5) is 13.1. The van der Waals surface area contributed by atoms with E-state index in [-0.39, 0.29) is 17.1 Å². The Morgan fingerprint density at radius 1 is 1.12 bits per heavy atom. The van der Waals surface area contributed by atoms with Gasteiger partial charge in [-0.3, -0.25) is 4.79 Å². The van der Waals surface area contributed by atoms with Crippen LogP contribution in [-0.4, -0.2) is 31.6 Å². The summed E-state index contributed by atoms with van der Waals surface area (Å²) >= 11 is 0. The van der Waals surface area contributed by atoms with Crippen LogP contribution in [-0.2, 0) is 14.8 Å². The Bertz CT molecular complexity index is 813.